The monoisotopic (exact) mass is 397 g/mol. The predicted octanol–water partition coefficient (Wildman–Crippen LogP) is -2.77. The van der Waals surface area contributed by atoms with Gasteiger partial charge in [0.25, 0.3) is 5.56 Å². The summed E-state index contributed by atoms with van der Waals surface area (Å²) in [7, 11) is -5.30. The van der Waals surface area contributed by atoms with Gasteiger partial charge in [0.1, 0.15) is 24.0 Å². The van der Waals surface area contributed by atoms with Crippen LogP contribution in [0.1, 0.15) is 6.23 Å². The van der Waals surface area contributed by atoms with Crippen molar-refractivity contribution in [3.05, 3.63) is 33.1 Å². The summed E-state index contributed by atoms with van der Waals surface area (Å²) < 4.78 is 20.7. The highest BCUT2D eigenvalue weighted by Crippen LogP contribution is 2.33. The van der Waals surface area contributed by atoms with E-state index in [1.54, 1.807) is 0 Å². The minimum Gasteiger partial charge on any atom is -0.790 e. The van der Waals surface area contributed by atoms with E-state index in [9.17, 15) is 34.2 Å². The second-order valence-corrected chi connectivity index (χ2v) is 6.31. The van der Waals surface area contributed by atoms with E-state index >= 15 is 0 Å². The molecule has 3 heterocycles. The molecule has 26 heavy (non-hydrogen) atoms. The second-order valence-electron chi connectivity index (χ2n) is 5.16. The van der Waals surface area contributed by atoms with Gasteiger partial charge in [0.2, 0.25) is 0 Å². The Morgan fingerprint density at radius 2 is 1.92 bits per heavy atom. The Kier molecular flexibility index (Phi) is 6.64. The number of nitrogens with one attached hydrogen (secondary N) is 2. The average molecular weight is 397 g/mol. The van der Waals surface area contributed by atoms with Crippen LogP contribution in [-0.4, -0.2) is 49.7 Å². The zero-order valence-electron chi connectivity index (χ0n) is 13.8. The molecule has 1 saturated heterocycles. The highest BCUT2D eigenvalue weighted by molar-refractivity contribution is 7.43. The maximum atomic E-state index is 12.1. The Morgan fingerprint density at radius 1 is 1.27 bits per heavy atom. The fraction of sp³-hybridized carbons (Fsp3) is 0.455. The van der Waals surface area contributed by atoms with E-state index in [1.807, 2.05) is 4.98 Å². The van der Waals surface area contributed by atoms with Gasteiger partial charge in [-0.15, -0.1) is 0 Å². The van der Waals surface area contributed by atoms with Gasteiger partial charge < -0.3 is 51.1 Å². The van der Waals surface area contributed by atoms with Crippen molar-refractivity contribution in [3.8, 4) is 0 Å². The molecule has 2 aromatic heterocycles. The van der Waals surface area contributed by atoms with E-state index in [0.29, 0.717) is 0 Å². The molecule has 1 fully saturated rings. The topological polar surface area (TPSA) is 266 Å². The van der Waals surface area contributed by atoms with Crippen LogP contribution in [-0.2, 0) is 13.8 Å². The number of aromatic nitrogens is 3. The largest absolute Gasteiger partial charge is 0.790 e. The number of aliphatic hydroxyl groups excluding tert-OH is 2. The quantitative estimate of drug-likeness (QED) is 0.291. The number of quaternary nitrogens is 2. The van der Waals surface area contributed by atoms with Crippen molar-refractivity contribution in [1.82, 2.24) is 26.8 Å². The lowest BCUT2D eigenvalue weighted by Crippen LogP contribution is -2.38. The van der Waals surface area contributed by atoms with E-state index in [1.165, 1.54) is 12.3 Å². The zero-order valence-corrected chi connectivity index (χ0v) is 14.7. The van der Waals surface area contributed by atoms with Crippen LogP contribution >= 0.6 is 7.82 Å². The highest BCUT2D eigenvalue weighted by Gasteiger charge is 2.45. The summed E-state index contributed by atoms with van der Waals surface area (Å²) in [5.74, 6) is 0. The molecule has 15 heteroatoms. The summed E-state index contributed by atoms with van der Waals surface area (Å²) in [6.45, 7) is -0.828. The van der Waals surface area contributed by atoms with Crippen molar-refractivity contribution in [2.75, 3.05) is 6.61 Å². The molecule has 0 unspecified atom stereocenters. The van der Waals surface area contributed by atoms with E-state index in [2.05, 4.69) is 9.51 Å². The molecule has 4 atom stereocenters. The molecule has 0 spiro atoms. The molecule has 12 N–H and O–H groups in total. The van der Waals surface area contributed by atoms with Crippen molar-refractivity contribution in [2.45, 2.75) is 24.5 Å². The first-order valence-electron chi connectivity index (χ1n) is 6.69. The van der Waals surface area contributed by atoms with Crippen molar-refractivity contribution < 1.29 is 33.8 Å². The summed E-state index contributed by atoms with van der Waals surface area (Å²) in [6, 6.07) is 1.40. The lowest BCUT2D eigenvalue weighted by atomic mass is 10.1. The van der Waals surface area contributed by atoms with Crippen LogP contribution in [0.2, 0.25) is 0 Å². The minimum atomic E-state index is -5.30. The van der Waals surface area contributed by atoms with Gasteiger partial charge in [-0.1, -0.05) is 0 Å². The van der Waals surface area contributed by atoms with Gasteiger partial charge in [-0.05, 0) is 6.07 Å². The van der Waals surface area contributed by atoms with E-state index in [4.69, 9.17) is 4.74 Å². The molecule has 2 aromatic rings. The maximum Gasteiger partial charge on any atom is 0.332 e. The zero-order chi connectivity index (χ0) is 17.6. The van der Waals surface area contributed by atoms with Crippen LogP contribution in [0.3, 0.4) is 0 Å². The van der Waals surface area contributed by atoms with E-state index < -0.39 is 50.2 Å². The number of hydrogen-bond acceptors (Lipinski definition) is 9. The maximum absolute atomic E-state index is 12.1. The van der Waals surface area contributed by atoms with Gasteiger partial charge in [-0.3, -0.25) is 9.78 Å². The predicted molar refractivity (Wildman–Crippen MR) is 84.6 cm³/mol. The first-order valence-corrected chi connectivity index (χ1v) is 8.15. The van der Waals surface area contributed by atoms with Gasteiger partial charge >= 0.3 is 5.69 Å². The summed E-state index contributed by atoms with van der Waals surface area (Å²) in [6.07, 6.45) is -4.67. The molecular formula is C11H20N5O9P. The number of fused-ring (bicyclic) bond motifs is 1. The van der Waals surface area contributed by atoms with Crippen molar-refractivity contribution in [3.63, 3.8) is 0 Å². The number of ether oxygens (including phenoxy) is 1. The standard InChI is InChI=1S/C11H14N3O9P.2H3N/c15-6-5(3-22-24(19,20)21)23-10(7(6)16)14-8-4(1-2-12-8)9(17)13-11(14)18;;/h1-2,5-7,10,12,15-16H,3H2,(H,13,17,18)(H2,19,20,21);2*1H3/t5-,6-,7-,10-;;/m1../s1. The third-order valence-corrected chi connectivity index (χ3v) is 4.10. The number of phosphoric ester groups is 1. The number of hydrogen-bond donors (Lipinski definition) is 6. The molecule has 0 radical (unpaired) electrons. The number of aliphatic hydroxyl groups is 2. The molecule has 1 aliphatic heterocycles. The molecule has 0 aliphatic carbocycles. The number of nitrogens with zero attached hydrogens (tertiary/aromatic N) is 1. The first-order chi connectivity index (χ1) is 11.2. The Bertz CT molecular complexity index is 917. The Balaban J connectivity index is 0.00000169. The van der Waals surface area contributed by atoms with Crippen molar-refractivity contribution in [1.29, 1.82) is 0 Å². The van der Waals surface area contributed by atoms with Crippen molar-refractivity contribution >= 4 is 18.9 Å². The summed E-state index contributed by atoms with van der Waals surface area (Å²) in [5, 5.41) is 20.1. The van der Waals surface area contributed by atoms with Gasteiger partial charge in [-0.25, -0.2) is 9.36 Å². The summed E-state index contributed by atoms with van der Waals surface area (Å²) >= 11 is 0. The Morgan fingerprint density at radius 3 is 2.54 bits per heavy atom. The molecule has 3 rings (SSSR count). The summed E-state index contributed by atoms with van der Waals surface area (Å²) in [4.78, 5) is 49.4. The van der Waals surface area contributed by atoms with Gasteiger partial charge in [0.05, 0.1) is 19.8 Å². The van der Waals surface area contributed by atoms with Crippen LogP contribution < -0.4 is 33.3 Å². The molecule has 0 aromatic carbocycles. The lowest BCUT2D eigenvalue weighted by molar-refractivity contribution is -0.343. The Labute approximate surface area is 144 Å². The number of rotatable bonds is 4. The SMILES string of the molecule is O=c1[nH]c(=O)n([C@@H]2O[C@H](COP(=O)([O-])[O-])[C@@H](O)[C@H]2O)c2[nH]ccc12.[NH4+].[NH4+]. The third-order valence-electron chi connectivity index (χ3n) is 3.64. The second kappa shape index (κ2) is 7.79. The van der Waals surface area contributed by atoms with Gasteiger partial charge in [0, 0.05) is 6.20 Å². The van der Waals surface area contributed by atoms with Crippen LogP contribution in [0, 0.1) is 0 Å². The molecule has 14 nitrogen and oxygen atoms in total. The number of H-pyrrole nitrogens is 2. The third kappa shape index (κ3) is 3.93. The van der Waals surface area contributed by atoms with Crippen LogP contribution in [0.4, 0.5) is 0 Å². The molecule has 1 aliphatic rings. The molecule has 148 valence electrons. The van der Waals surface area contributed by atoms with Crippen LogP contribution in [0.15, 0.2) is 21.9 Å². The molecule has 0 bridgehead atoms. The number of aromatic amines is 2. The minimum absolute atomic E-state index is 0. The lowest BCUT2D eigenvalue weighted by Gasteiger charge is -2.30. The Hall–Kier alpha value is -1.87. The van der Waals surface area contributed by atoms with Crippen LogP contribution in [0.5, 0.6) is 0 Å². The van der Waals surface area contributed by atoms with E-state index in [-0.39, 0.29) is 23.3 Å². The smallest absolute Gasteiger partial charge is 0.332 e. The first kappa shape index (κ1) is 22.2. The molecule has 0 amide bonds. The summed E-state index contributed by atoms with van der Waals surface area (Å²) in [5.41, 5.74) is -1.52. The van der Waals surface area contributed by atoms with Crippen molar-refractivity contribution in [2.24, 2.45) is 0 Å². The molecule has 0 saturated carbocycles. The van der Waals surface area contributed by atoms with Crippen LogP contribution in [0.25, 0.3) is 11.0 Å². The molecular weight excluding hydrogens is 377 g/mol. The fourth-order valence-corrected chi connectivity index (χ4v) is 2.89. The highest BCUT2D eigenvalue weighted by atomic mass is 31.2. The average Bonchev–Trinajstić information content (AvgIpc) is 3.05. The van der Waals surface area contributed by atoms with Gasteiger partial charge in [-0.2, -0.15) is 0 Å². The van der Waals surface area contributed by atoms with Gasteiger partial charge in [0.15, 0.2) is 6.23 Å². The number of phosphoric acid groups is 1. The fourth-order valence-electron chi connectivity index (χ4n) is 2.56. The normalized spacial score (nSPS) is 25.7. The van der Waals surface area contributed by atoms with E-state index in [0.717, 1.165) is 4.57 Å².